The lowest BCUT2D eigenvalue weighted by Crippen LogP contribution is -1.96. The molecule has 2 rings (SSSR count). The average Bonchev–Trinajstić information content (AvgIpc) is 2.61. The second kappa shape index (κ2) is 3.35. The van der Waals surface area contributed by atoms with Gasteiger partial charge in [0, 0.05) is 10.9 Å². The highest BCUT2D eigenvalue weighted by Gasteiger charge is 2.07. The average molecular weight is 184 g/mol. The minimum Gasteiger partial charge on any atom is -0.352 e. The monoisotopic (exact) mass is 184 g/mol. The Morgan fingerprint density at radius 1 is 1.43 bits per heavy atom. The number of nitrogens with zero attached hydrogens (tertiary/aromatic N) is 1. The lowest BCUT2D eigenvalue weighted by molar-refractivity contribution is 0.0994. The predicted octanol–water partition coefficient (Wildman–Crippen LogP) is 2.26. The molecule has 0 aliphatic heterocycles. The number of nitriles is 1. The van der Waals surface area contributed by atoms with Crippen LogP contribution in [0, 0.1) is 11.3 Å². The van der Waals surface area contributed by atoms with E-state index in [0.717, 1.165) is 10.9 Å². The molecule has 14 heavy (non-hydrogen) atoms. The Balaban J connectivity index is 2.46. The summed E-state index contributed by atoms with van der Waals surface area (Å²) >= 11 is 0. The molecule has 1 aromatic carbocycles. The van der Waals surface area contributed by atoms with E-state index in [4.69, 9.17) is 5.26 Å². The minimum absolute atomic E-state index is 0.0766. The third kappa shape index (κ3) is 1.38. The van der Waals surface area contributed by atoms with Crippen LogP contribution in [-0.2, 0) is 0 Å². The Kier molecular flexibility index (Phi) is 2.04. The van der Waals surface area contributed by atoms with Crippen molar-refractivity contribution in [3.63, 3.8) is 0 Å². The van der Waals surface area contributed by atoms with Gasteiger partial charge in [0.1, 0.15) is 6.42 Å². The highest BCUT2D eigenvalue weighted by molar-refractivity contribution is 6.00. The number of carbonyl (C=O) groups is 1. The molecule has 0 spiro atoms. The number of aromatic nitrogens is 1. The van der Waals surface area contributed by atoms with E-state index in [9.17, 15) is 4.79 Å². The molecule has 0 amide bonds. The van der Waals surface area contributed by atoms with Crippen LogP contribution in [0.25, 0.3) is 10.9 Å². The lowest BCUT2D eigenvalue weighted by Gasteiger charge is -1.87. The molecule has 68 valence electrons. The number of hydrogen-bond donors (Lipinski definition) is 1. The summed E-state index contributed by atoms with van der Waals surface area (Å²) in [6.07, 6.45) is -0.0766. The van der Waals surface area contributed by atoms with Gasteiger partial charge in [-0.25, -0.2) is 0 Å². The summed E-state index contributed by atoms with van der Waals surface area (Å²) in [5.41, 5.74) is 1.43. The number of ketones is 1. The Morgan fingerprint density at radius 3 is 2.93 bits per heavy atom. The van der Waals surface area contributed by atoms with Crippen molar-refractivity contribution in [1.82, 2.24) is 4.98 Å². The number of rotatable bonds is 2. The van der Waals surface area contributed by atoms with Gasteiger partial charge >= 0.3 is 0 Å². The summed E-state index contributed by atoms with van der Waals surface area (Å²) in [5.74, 6) is -0.163. The Labute approximate surface area is 81.0 Å². The molecule has 0 atom stereocenters. The van der Waals surface area contributed by atoms with Crippen LogP contribution in [0.5, 0.6) is 0 Å². The van der Waals surface area contributed by atoms with Gasteiger partial charge in [-0.1, -0.05) is 18.2 Å². The summed E-state index contributed by atoms with van der Waals surface area (Å²) in [6, 6.07) is 11.3. The van der Waals surface area contributed by atoms with Crippen LogP contribution in [0.3, 0.4) is 0 Å². The molecule has 0 radical (unpaired) electrons. The normalized spacial score (nSPS) is 9.93. The molecule has 0 saturated carbocycles. The molecule has 0 aliphatic rings. The van der Waals surface area contributed by atoms with E-state index >= 15 is 0 Å². The third-order valence-electron chi connectivity index (χ3n) is 2.07. The zero-order valence-electron chi connectivity index (χ0n) is 7.45. The predicted molar refractivity (Wildman–Crippen MR) is 52.9 cm³/mol. The molecule has 0 saturated heterocycles. The first-order chi connectivity index (χ1) is 6.81. The van der Waals surface area contributed by atoms with Crippen LogP contribution < -0.4 is 0 Å². The largest absolute Gasteiger partial charge is 0.352 e. The van der Waals surface area contributed by atoms with Crippen molar-refractivity contribution in [3.8, 4) is 6.07 Å². The van der Waals surface area contributed by atoms with Crippen molar-refractivity contribution in [2.75, 3.05) is 0 Å². The number of nitrogens with one attached hydrogen (secondary N) is 1. The number of Topliss-reactive ketones (excluding diaryl/α,β-unsaturated/α-hetero) is 1. The van der Waals surface area contributed by atoms with Crippen LogP contribution in [-0.4, -0.2) is 10.8 Å². The number of fused-ring (bicyclic) bond motifs is 1. The van der Waals surface area contributed by atoms with Gasteiger partial charge in [-0.3, -0.25) is 4.79 Å². The fraction of sp³-hybridized carbons (Fsp3) is 0.0909. The topological polar surface area (TPSA) is 56.6 Å². The van der Waals surface area contributed by atoms with E-state index in [2.05, 4.69) is 4.98 Å². The number of aromatic amines is 1. The summed E-state index contributed by atoms with van der Waals surface area (Å²) < 4.78 is 0. The zero-order chi connectivity index (χ0) is 9.97. The van der Waals surface area contributed by atoms with E-state index in [1.807, 2.05) is 30.3 Å². The molecule has 1 heterocycles. The summed E-state index contributed by atoms with van der Waals surface area (Å²) in [6.45, 7) is 0. The van der Waals surface area contributed by atoms with Crippen LogP contribution in [0.1, 0.15) is 16.9 Å². The summed E-state index contributed by atoms with van der Waals surface area (Å²) in [5, 5.41) is 9.38. The molecule has 0 unspecified atom stereocenters. The zero-order valence-corrected chi connectivity index (χ0v) is 7.45. The van der Waals surface area contributed by atoms with Crippen LogP contribution in [0.15, 0.2) is 30.3 Å². The van der Waals surface area contributed by atoms with Gasteiger partial charge in [-0.15, -0.1) is 0 Å². The second-order valence-corrected chi connectivity index (χ2v) is 3.03. The smallest absolute Gasteiger partial charge is 0.193 e. The van der Waals surface area contributed by atoms with Gasteiger partial charge < -0.3 is 4.98 Å². The summed E-state index contributed by atoms with van der Waals surface area (Å²) in [7, 11) is 0. The molecule has 3 nitrogen and oxygen atoms in total. The quantitative estimate of drug-likeness (QED) is 0.728. The molecular formula is C11H8N2O. The van der Waals surface area contributed by atoms with Crippen molar-refractivity contribution in [3.05, 3.63) is 36.0 Å². The SMILES string of the molecule is N#CCC(=O)c1cc2ccccc2[nH]1. The molecular weight excluding hydrogens is 176 g/mol. The standard InChI is InChI=1S/C11H8N2O/c12-6-5-11(14)10-7-8-3-1-2-4-9(8)13-10/h1-4,7,13H,5H2. The van der Waals surface area contributed by atoms with Gasteiger partial charge in [0.25, 0.3) is 0 Å². The van der Waals surface area contributed by atoms with E-state index in [1.165, 1.54) is 0 Å². The van der Waals surface area contributed by atoms with Crippen molar-refractivity contribution in [2.24, 2.45) is 0 Å². The number of hydrogen-bond acceptors (Lipinski definition) is 2. The third-order valence-corrected chi connectivity index (χ3v) is 2.07. The Morgan fingerprint density at radius 2 is 2.21 bits per heavy atom. The Bertz CT molecular complexity index is 486. The van der Waals surface area contributed by atoms with Gasteiger partial charge in [0.15, 0.2) is 5.78 Å². The van der Waals surface area contributed by atoms with E-state index in [0.29, 0.717) is 5.69 Å². The number of para-hydroxylation sites is 1. The minimum atomic E-state index is -0.163. The molecule has 0 fully saturated rings. The maximum absolute atomic E-state index is 11.4. The molecule has 2 aromatic rings. The molecule has 0 bridgehead atoms. The molecule has 1 aromatic heterocycles. The fourth-order valence-corrected chi connectivity index (χ4v) is 1.39. The molecule has 1 N–H and O–H groups in total. The van der Waals surface area contributed by atoms with Gasteiger partial charge in [0.2, 0.25) is 0 Å². The molecule has 3 heteroatoms. The van der Waals surface area contributed by atoms with Crippen molar-refractivity contribution in [2.45, 2.75) is 6.42 Å². The van der Waals surface area contributed by atoms with Crippen LogP contribution in [0.4, 0.5) is 0 Å². The lowest BCUT2D eigenvalue weighted by atomic mass is 10.2. The first kappa shape index (κ1) is 8.52. The first-order valence-corrected chi connectivity index (χ1v) is 4.29. The highest BCUT2D eigenvalue weighted by atomic mass is 16.1. The Hall–Kier alpha value is -2.08. The van der Waals surface area contributed by atoms with Gasteiger partial charge in [0.05, 0.1) is 11.8 Å². The van der Waals surface area contributed by atoms with E-state index in [-0.39, 0.29) is 12.2 Å². The van der Waals surface area contributed by atoms with Crippen LogP contribution in [0.2, 0.25) is 0 Å². The number of H-pyrrole nitrogens is 1. The highest BCUT2D eigenvalue weighted by Crippen LogP contribution is 2.15. The first-order valence-electron chi connectivity index (χ1n) is 4.29. The van der Waals surface area contributed by atoms with Gasteiger partial charge in [-0.2, -0.15) is 5.26 Å². The molecule has 0 aliphatic carbocycles. The maximum atomic E-state index is 11.4. The van der Waals surface area contributed by atoms with Crippen molar-refractivity contribution < 1.29 is 4.79 Å². The second-order valence-electron chi connectivity index (χ2n) is 3.03. The van der Waals surface area contributed by atoms with E-state index < -0.39 is 0 Å². The number of benzene rings is 1. The van der Waals surface area contributed by atoms with E-state index in [1.54, 1.807) is 6.07 Å². The number of carbonyl (C=O) groups excluding carboxylic acids is 1. The van der Waals surface area contributed by atoms with Gasteiger partial charge in [-0.05, 0) is 12.1 Å². The van der Waals surface area contributed by atoms with Crippen molar-refractivity contribution in [1.29, 1.82) is 5.26 Å². The maximum Gasteiger partial charge on any atom is 0.193 e. The van der Waals surface area contributed by atoms with Crippen molar-refractivity contribution >= 4 is 16.7 Å². The van der Waals surface area contributed by atoms with Crippen LogP contribution >= 0.6 is 0 Å². The fourth-order valence-electron chi connectivity index (χ4n) is 1.39. The summed E-state index contributed by atoms with van der Waals surface area (Å²) in [4.78, 5) is 14.3.